The smallest absolute Gasteiger partial charge is 0.303 e. The van der Waals surface area contributed by atoms with Crippen LogP contribution in [0.3, 0.4) is 0 Å². The topological polar surface area (TPSA) is 93.1 Å². The van der Waals surface area contributed by atoms with Crippen LogP contribution in [-0.4, -0.2) is 45.6 Å². The molecule has 0 aliphatic rings. The molecule has 0 fully saturated rings. The molecular formula is C34H58O6. The first-order valence-electron chi connectivity index (χ1n) is 14.8. The minimum atomic E-state index is -1.09. The van der Waals surface area contributed by atoms with Crippen molar-refractivity contribution in [2.45, 2.75) is 157 Å². The molecule has 0 saturated carbocycles. The van der Waals surface area contributed by atoms with Gasteiger partial charge in [-0.25, -0.2) is 0 Å². The summed E-state index contributed by atoms with van der Waals surface area (Å²) in [6.07, 6.45) is 14.4. The molecule has 0 aliphatic carbocycles. The van der Waals surface area contributed by atoms with E-state index in [0.29, 0.717) is 25.7 Å². The first-order chi connectivity index (χ1) is 18.5. The minimum Gasteiger partial charge on any atom is -0.459 e. The Morgan fingerprint density at radius 3 is 1.20 bits per heavy atom. The second-order valence-electron chi connectivity index (χ2n) is 12.3. The number of ether oxygens (including phenoxy) is 2. The summed E-state index contributed by atoms with van der Waals surface area (Å²) in [6, 6.07) is 0. The molecule has 0 heterocycles. The van der Waals surface area contributed by atoms with Crippen LogP contribution in [0.4, 0.5) is 0 Å². The van der Waals surface area contributed by atoms with Crippen LogP contribution in [-0.2, 0) is 19.1 Å². The molecule has 6 nitrogen and oxygen atoms in total. The molecule has 4 atom stereocenters. The number of aliphatic hydroxyl groups is 2. The fourth-order valence-corrected chi connectivity index (χ4v) is 4.60. The first-order valence-corrected chi connectivity index (χ1v) is 14.8. The van der Waals surface area contributed by atoms with Gasteiger partial charge in [-0.3, -0.25) is 9.59 Å². The molecule has 0 unspecified atom stereocenters. The summed E-state index contributed by atoms with van der Waals surface area (Å²) in [5, 5.41) is 22.0. The van der Waals surface area contributed by atoms with Gasteiger partial charge < -0.3 is 19.7 Å². The van der Waals surface area contributed by atoms with Crippen LogP contribution in [0.1, 0.15) is 133 Å². The molecule has 230 valence electrons. The van der Waals surface area contributed by atoms with E-state index in [-0.39, 0.29) is 11.9 Å². The maximum Gasteiger partial charge on any atom is 0.303 e. The van der Waals surface area contributed by atoms with Gasteiger partial charge in [0.1, 0.15) is 12.2 Å². The lowest BCUT2D eigenvalue weighted by Gasteiger charge is -2.32. The molecule has 0 aliphatic heterocycles. The third-order valence-corrected chi connectivity index (χ3v) is 7.16. The molecule has 0 rings (SSSR count). The lowest BCUT2D eigenvalue weighted by atomic mass is 9.88. The van der Waals surface area contributed by atoms with Crippen molar-refractivity contribution in [2.75, 3.05) is 0 Å². The van der Waals surface area contributed by atoms with Crippen LogP contribution < -0.4 is 0 Å². The van der Waals surface area contributed by atoms with E-state index >= 15 is 0 Å². The summed E-state index contributed by atoms with van der Waals surface area (Å²) < 4.78 is 11.0. The fourth-order valence-electron chi connectivity index (χ4n) is 4.60. The predicted octanol–water partition coefficient (Wildman–Crippen LogP) is 8.08. The summed E-state index contributed by atoms with van der Waals surface area (Å²) in [7, 11) is 0. The van der Waals surface area contributed by atoms with Crippen LogP contribution in [0.5, 0.6) is 0 Å². The van der Waals surface area contributed by atoms with E-state index in [2.05, 4.69) is 38.2 Å². The largest absolute Gasteiger partial charge is 0.459 e. The summed E-state index contributed by atoms with van der Waals surface area (Å²) in [5.41, 5.74) is 2.63. The predicted molar refractivity (Wildman–Crippen MR) is 165 cm³/mol. The molecule has 0 amide bonds. The van der Waals surface area contributed by atoms with Crippen molar-refractivity contribution in [1.29, 1.82) is 0 Å². The summed E-state index contributed by atoms with van der Waals surface area (Å²) in [4.78, 5) is 23.3. The van der Waals surface area contributed by atoms with Crippen LogP contribution in [0, 0.1) is 0 Å². The van der Waals surface area contributed by atoms with E-state index in [1.54, 1.807) is 13.8 Å². The molecule has 2 N–H and O–H groups in total. The summed E-state index contributed by atoms with van der Waals surface area (Å²) in [5.74, 6) is -0.750. The Balaban J connectivity index is 4.93. The van der Waals surface area contributed by atoms with Gasteiger partial charge >= 0.3 is 11.9 Å². The van der Waals surface area contributed by atoms with E-state index in [0.717, 1.165) is 38.5 Å². The Morgan fingerprint density at radius 1 is 0.600 bits per heavy atom. The second kappa shape index (κ2) is 19.0. The van der Waals surface area contributed by atoms with Crippen LogP contribution in [0.25, 0.3) is 0 Å². The van der Waals surface area contributed by atoms with E-state index in [1.807, 2.05) is 27.7 Å². The minimum absolute atomic E-state index is 0.375. The summed E-state index contributed by atoms with van der Waals surface area (Å²) >= 11 is 0. The highest BCUT2D eigenvalue weighted by molar-refractivity contribution is 5.66. The number of hydrogen-bond acceptors (Lipinski definition) is 6. The first kappa shape index (κ1) is 37.8. The van der Waals surface area contributed by atoms with Gasteiger partial charge in [-0.15, -0.1) is 0 Å². The van der Waals surface area contributed by atoms with Crippen LogP contribution >= 0.6 is 0 Å². The highest BCUT2D eigenvalue weighted by Crippen LogP contribution is 2.27. The highest BCUT2D eigenvalue weighted by atomic mass is 16.6. The SMILES string of the molecule is CC(=O)O[C@@H](CC/C(C)=C/CC/C=C(\C)CC[C@H](OC(C)=O)[C@](C)(O)CCC=C(C)C)[C@](C)(O)CCC=C(C)C. The van der Waals surface area contributed by atoms with Crippen molar-refractivity contribution in [3.05, 3.63) is 46.6 Å². The number of esters is 2. The number of allylic oxidation sites excluding steroid dienone is 8. The van der Waals surface area contributed by atoms with Gasteiger partial charge in [0, 0.05) is 13.8 Å². The van der Waals surface area contributed by atoms with Crippen molar-refractivity contribution >= 4 is 11.9 Å². The van der Waals surface area contributed by atoms with Gasteiger partial charge in [0.15, 0.2) is 0 Å². The van der Waals surface area contributed by atoms with Crippen LogP contribution in [0.2, 0.25) is 0 Å². The zero-order valence-electron chi connectivity index (χ0n) is 27.1. The Kier molecular flexibility index (Phi) is 18.0. The second-order valence-corrected chi connectivity index (χ2v) is 12.3. The van der Waals surface area contributed by atoms with E-state index < -0.39 is 23.4 Å². The van der Waals surface area contributed by atoms with Gasteiger partial charge in [-0.2, -0.15) is 0 Å². The number of hydrogen-bond donors (Lipinski definition) is 2. The van der Waals surface area contributed by atoms with Gasteiger partial charge in [-0.1, -0.05) is 46.6 Å². The van der Waals surface area contributed by atoms with Crippen molar-refractivity contribution in [3.8, 4) is 0 Å². The molecular weight excluding hydrogens is 504 g/mol. The molecule has 0 spiro atoms. The van der Waals surface area contributed by atoms with Gasteiger partial charge in [0.25, 0.3) is 0 Å². The third-order valence-electron chi connectivity index (χ3n) is 7.16. The molecule has 0 aromatic heterocycles. The van der Waals surface area contributed by atoms with Crippen molar-refractivity contribution in [2.24, 2.45) is 0 Å². The lowest BCUT2D eigenvalue weighted by molar-refractivity contribution is -0.163. The molecule has 0 aromatic rings. The average Bonchev–Trinajstić information content (AvgIpc) is 2.80. The fraction of sp³-hybridized carbons (Fsp3) is 0.706. The van der Waals surface area contributed by atoms with Gasteiger partial charge in [0.2, 0.25) is 0 Å². The van der Waals surface area contributed by atoms with Crippen LogP contribution in [0.15, 0.2) is 46.6 Å². The van der Waals surface area contributed by atoms with Crippen molar-refractivity contribution < 1.29 is 29.3 Å². The van der Waals surface area contributed by atoms with Crippen molar-refractivity contribution in [3.63, 3.8) is 0 Å². The molecule has 0 aromatic carbocycles. The number of unbranched alkanes of at least 4 members (excludes halogenated alkanes) is 1. The number of carbonyl (C=O) groups excluding carboxylic acids is 2. The average molecular weight is 563 g/mol. The molecule has 0 radical (unpaired) electrons. The molecule has 40 heavy (non-hydrogen) atoms. The highest BCUT2D eigenvalue weighted by Gasteiger charge is 2.34. The Hall–Kier alpha value is -2.18. The quantitative estimate of drug-likeness (QED) is 0.0939. The zero-order valence-corrected chi connectivity index (χ0v) is 27.1. The summed E-state index contributed by atoms with van der Waals surface area (Å²) in [6.45, 7) is 18.5. The molecule has 6 heteroatoms. The monoisotopic (exact) mass is 562 g/mol. The maximum atomic E-state index is 11.7. The van der Waals surface area contributed by atoms with E-state index in [9.17, 15) is 19.8 Å². The Morgan fingerprint density at radius 2 is 0.925 bits per heavy atom. The van der Waals surface area contributed by atoms with Gasteiger partial charge in [-0.05, 0) is 120 Å². The Labute approximate surface area is 244 Å². The normalized spacial score (nSPS) is 16.7. The van der Waals surface area contributed by atoms with Gasteiger partial charge in [0.05, 0.1) is 11.2 Å². The third kappa shape index (κ3) is 18.2. The number of rotatable bonds is 19. The maximum absolute atomic E-state index is 11.7. The molecule has 0 bridgehead atoms. The standard InChI is InChI=1S/C34H58O6/c1-25(2)15-13-23-33(9,37)31(39-29(7)35)21-19-27(5)17-11-12-18-28(6)20-22-32(40-30(8)36)34(10,38)24-14-16-26(3)4/h15-18,31-32,37-38H,11-14,19-24H2,1-10H3/b27-17+,28-18+/t31-,32-,33+,34+/m0/s1. The number of carbonyl (C=O) groups is 2. The Bertz CT molecular complexity index is 821. The van der Waals surface area contributed by atoms with Crippen molar-refractivity contribution in [1.82, 2.24) is 0 Å². The molecule has 0 saturated heterocycles. The zero-order chi connectivity index (χ0) is 30.9. The van der Waals surface area contributed by atoms with E-state index in [4.69, 9.17) is 9.47 Å². The lowest BCUT2D eigenvalue weighted by Crippen LogP contribution is -2.42. The van der Waals surface area contributed by atoms with E-state index in [1.165, 1.54) is 36.1 Å².